The Morgan fingerprint density at radius 3 is 2.50 bits per heavy atom. The average molecular weight is 362 g/mol. The van der Waals surface area contributed by atoms with Gasteiger partial charge in [0, 0.05) is 38.8 Å². The molecule has 2 N–H and O–H groups in total. The highest BCUT2D eigenvalue weighted by molar-refractivity contribution is 5.82. The Morgan fingerprint density at radius 1 is 1.23 bits per heavy atom. The topological polar surface area (TPSA) is 53.6 Å². The van der Waals surface area contributed by atoms with Crippen LogP contribution in [0.5, 0.6) is 0 Å². The van der Waals surface area contributed by atoms with Crippen molar-refractivity contribution in [3.05, 3.63) is 35.4 Å². The molecule has 2 atom stereocenters. The smallest absolute Gasteiger partial charge is 0.237 e. The zero-order valence-electron chi connectivity index (χ0n) is 16.9. The second kappa shape index (κ2) is 10.0. The van der Waals surface area contributed by atoms with Gasteiger partial charge in [-0.25, -0.2) is 0 Å². The number of ether oxygens (including phenoxy) is 1. The summed E-state index contributed by atoms with van der Waals surface area (Å²) in [7, 11) is 1.65. The third kappa shape index (κ3) is 5.79. The van der Waals surface area contributed by atoms with Crippen molar-refractivity contribution in [3.8, 4) is 0 Å². The zero-order valence-corrected chi connectivity index (χ0v) is 16.9. The highest BCUT2D eigenvalue weighted by Gasteiger charge is 2.37. The number of methoxy groups -OCH3 is 1. The number of benzene rings is 1. The molecule has 0 aliphatic carbocycles. The largest absolute Gasteiger partial charge is 0.383 e. The molecule has 5 heteroatoms. The molecule has 1 aliphatic heterocycles. The molecule has 1 aromatic rings. The van der Waals surface area contributed by atoms with Crippen molar-refractivity contribution in [3.63, 3.8) is 0 Å². The maximum Gasteiger partial charge on any atom is 0.237 e. The second-order valence-corrected chi connectivity index (χ2v) is 7.80. The summed E-state index contributed by atoms with van der Waals surface area (Å²) in [5.41, 5.74) is 2.66. The molecule has 1 aromatic carbocycles. The predicted octanol–water partition coefficient (Wildman–Crippen LogP) is 2.51. The summed E-state index contributed by atoms with van der Waals surface area (Å²) in [4.78, 5) is 14.8. The highest BCUT2D eigenvalue weighted by atomic mass is 16.5. The van der Waals surface area contributed by atoms with Crippen LogP contribution in [0.15, 0.2) is 24.3 Å². The van der Waals surface area contributed by atoms with Gasteiger partial charge >= 0.3 is 0 Å². The Bertz CT molecular complexity index is 557. The lowest BCUT2D eigenvalue weighted by atomic mass is 10.0. The lowest BCUT2D eigenvalue weighted by Gasteiger charge is -2.27. The standard InChI is InChI=1S/C21H35N3O2/c1-15(2)18-8-6-17(7-9-18)13-23-19-12-20(24(14-19)16(3)4)21(25)22-10-11-26-5/h6-9,15-16,19-20,23H,10-14H2,1-5H3,(H,22,25)/t19-,20-/m0/s1. The SMILES string of the molecule is COCCNC(=O)[C@@H]1C[C@H](NCc2ccc(C(C)C)cc2)CN1C(C)C. The molecule has 0 bridgehead atoms. The average Bonchev–Trinajstić information content (AvgIpc) is 3.05. The van der Waals surface area contributed by atoms with Crippen LogP contribution in [0.1, 0.15) is 51.2 Å². The van der Waals surface area contributed by atoms with Gasteiger partial charge in [0.2, 0.25) is 5.91 Å². The van der Waals surface area contributed by atoms with Crippen molar-refractivity contribution in [1.29, 1.82) is 0 Å². The van der Waals surface area contributed by atoms with E-state index in [-0.39, 0.29) is 11.9 Å². The minimum atomic E-state index is -0.0623. The van der Waals surface area contributed by atoms with Crippen molar-refractivity contribution in [2.75, 3.05) is 26.8 Å². The number of rotatable bonds is 9. The first-order chi connectivity index (χ1) is 12.4. The summed E-state index contributed by atoms with van der Waals surface area (Å²) >= 11 is 0. The van der Waals surface area contributed by atoms with E-state index in [1.165, 1.54) is 11.1 Å². The number of carbonyl (C=O) groups excluding carboxylic acids is 1. The summed E-state index contributed by atoms with van der Waals surface area (Å²) in [5.74, 6) is 0.671. The molecule has 0 spiro atoms. The molecule has 2 rings (SSSR count). The molecule has 0 unspecified atom stereocenters. The van der Waals surface area contributed by atoms with Crippen LogP contribution < -0.4 is 10.6 Å². The molecule has 1 aliphatic rings. The number of nitrogens with one attached hydrogen (secondary N) is 2. The first-order valence-electron chi connectivity index (χ1n) is 9.77. The van der Waals surface area contributed by atoms with E-state index in [9.17, 15) is 4.79 Å². The second-order valence-electron chi connectivity index (χ2n) is 7.80. The van der Waals surface area contributed by atoms with Gasteiger partial charge in [-0.1, -0.05) is 38.1 Å². The van der Waals surface area contributed by atoms with Crippen LogP contribution >= 0.6 is 0 Å². The summed E-state index contributed by atoms with van der Waals surface area (Å²) in [6.07, 6.45) is 0.848. The predicted molar refractivity (Wildman–Crippen MR) is 106 cm³/mol. The monoisotopic (exact) mass is 361 g/mol. The minimum absolute atomic E-state index is 0.0623. The van der Waals surface area contributed by atoms with Crippen molar-refractivity contribution in [2.45, 2.75) is 64.7 Å². The Hall–Kier alpha value is -1.43. The Kier molecular flexibility index (Phi) is 8.07. The molecular formula is C21H35N3O2. The molecule has 146 valence electrons. The summed E-state index contributed by atoms with van der Waals surface area (Å²) < 4.78 is 5.02. The van der Waals surface area contributed by atoms with Crippen LogP contribution in [0.3, 0.4) is 0 Å². The lowest BCUT2D eigenvalue weighted by molar-refractivity contribution is -0.126. The number of hydrogen-bond acceptors (Lipinski definition) is 4. The molecule has 1 amide bonds. The molecule has 26 heavy (non-hydrogen) atoms. The van der Waals surface area contributed by atoms with Crippen LogP contribution in [0, 0.1) is 0 Å². The number of carbonyl (C=O) groups is 1. The van der Waals surface area contributed by atoms with Gasteiger partial charge in [-0.2, -0.15) is 0 Å². The van der Waals surface area contributed by atoms with Crippen LogP contribution in [-0.2, 0) is 16.1 Å². The van der Waals surface area contributed by atoms with E-state index in [0.717, 1.165) is 19.5 Å². The molecule has 5 nitrogen and oxygen atoms in total. The third-order valence-corrected chi connectivity index (χ3v) is 5.15. The van der Waals surface area contributed by atoms with E-state index >= 15 is 0 Å². The van der Waals surface area contributed by atoms with Crippen LogP contribution in [0.25, 0.3) is 0 Å². The first-order valence-corrected chi connectivity index (χ1v) is 9.77. The van der Waals surface area contributed by atoms with Gasteiger partial charge in [0.05, 0.1) is 12.6 Å². The Balaban J connectivity index is 1.89. The molecule has 0 aromatic heterocycles. The van der Waals surface area contributed by atoms with Gasteiger partial charge < -0.3 is 15.4 Å². The molecular weight excluding hydrogens is 326 g/mol. The number of amides is 1. The van der Waals surface area contributed by atoms with Gasteiger partial charge in [0.15, 0.2) is 0 Å². The van der Waals surface area contributed by atoms with Gasteiger partial charge in [-0.3, -0.25) is 9.69 Å². The molecule has 1 heterocycles. The molecule has 1 saturated heterocycles. The number of likely N-dealkylation sites (tertiary alicyclic amines) is 1. The minimum Gasteiger partial charge on any atom is -0.383 e. The Labute approximate surface area is 158 Å². The van der Waals surface area contributed by atoms with Crippen molar-refractivity contribution < 1.29 is 9.53 Å². The van der Waals surface area contributed by atoms with Crippen molar-refractivity contribution in [2.24, 2.45) is 0 Å². The first kappa shape index (κ1) is 20.9. The van der Waals surface area contributed by atoms with Gasteiger partial charge in [0.1, 0.15) is 0 Å². The van der Waals surface area contributed by atoms with Gasteiger partial charge in [0.25, 0.3) is 0 Å². The van der Waals surface area contributed by atoms with E-state index in [1.807, 2.05) is 0 Å². The summed E-state index contributed by atoms with van der Waals surface area (Å²) in [6.45, 7) is 11.6. The number of hydrogen-bond donors (Lipinski definition) is 2. The van der Waals surface area contributed by atoms with Crippen molar-refractivity contribution in [1.82, 2.24) is 15.5 Å². The van der Waals surface area contributed by atoms with Crippen LogP contribution in [0.2, 0.25) is 0 Å². The molecule has 0 saturated carbocycles. The van der Waals surface area contributed by atoms with E-state index in [1.54, 1.807) is 7.11 Å². The van der Waals surface area contributed by atoms with Gasteiger partial charge in [-0.15, -0.1) is 0 Å². The summed E-state index contributed by atoms with van der Waals surface area (Å²) in [5, 5.41) is 6.63. The lowest BCUT2D eigenvalue weighted by Crippen LogP contribution is -2.46. The van der Waals surface area contributed by atoms with E-state index in [4.69, 9.17) is 4.74 Å². The Morgan fingerprint density at radius 2 is 1.92 bits per heavy atom. The van der Waals surface area contributed by atoms with Gasteiger partial charge in [-0.05, 0) is 37.3 Å². The zero-order chi connectivity index (χ0) is 19.1. The maximum atomic E-state index is 12.5. The highest BCUT2D eigenvalue weighted by Crippen LogP contribution is 2.21. The van der Waals surface area contributed by atoms with Crippen LogP contribution in [0.4, 0.5) is 0 Å². The third-order valence-electron chi connectivity index (χ3n) is 5.15. The quantitative estimate of drug-likeness (QED) is 0.664. The van der Waals surface area contributed by atoms with E-state index in [2.05, 4.69) is 67.5 Å². The summed E-state index contributed by atoms with van der Waals surface area (Å²) in [6, 6.07) is 9.45. The maximum absolute atomic E-state index is 12.5. The van der Waals surface area contributed by atoms with Crippen LogP contribution in [-0.4, -0.2) is 55.7 Å². The fraction of sp³-hybridized carbons (Fsp3) is 0.667. The normalized spacial score (nSPS) is 20.9. The number of nitrogens with zero attached hydrogens (tertiary/aromatic N) is 1. The van der Waals surface area contributed by atoms with Crippen molar-refractivity contribution >= 4 is 5.91 Å². The molecule has 1 fully saturated rings. The van der Waals surface area contributed by atoms with E-state index in [0.29, 0.717) is 31.2 Å². The fourth-order valence-corrected chi connectivity index (χ4v) is 3.51. The fourth-order valence-electron chi connectivity index (χ4n) is 3.51. The van der Waals surface area contributed by atoms with E-state index < -0.39 is 0 Å². The molecule has 0 radical (unpaired) electrons.